The summed E-state index contributed by atoms with van der Waals surface area (Å²) < 4.78 is 5.74. The van der Waals surface area contributed by atoms with Crippen LogP contribution < -0.4 is 10.5 Å². The first-order valence-electron chi connectivity index (χ1n) is 6.03. The Morgan fingerprint density at radius 2 is 2.11 bits per heavy atom. The standard InChI is InChI=1S/C13H22N4O2/c1-9-6-7-10(11(14)16-18)12(15-9)19-8-13(2,3)17(4)5/h6-7,18H,8H2,1-5H3,(H2,14,16). The van der Waals surface area contributed by atoms with E-state index in [1.807, 2.05) is 21.0 Å². The number of amidine groups is 1. The van der Waals surface area contributed by atoms with Gasteiger partial charge in [-0.3, -0.25) is 0 Å². The van der Waals surface area contributed by atoms with Crippen LogP contribution in [0.1, 0.15) is 25.1 Å². The number of likely N-dealkylation sites (N-methyl/N-ethyl adjacent to an activating group) is 1. The Labute approximate surface area is 113 Å². The van der Waals surface area contributed by atoms with E-state index in [0.717, 1.165) is 5.69 Å². The SMILES string of the molecule is Cc1ccc(C(N)=NO)c(OCC(C)(C)N(C)C)n1. The highest BCUT2D eigenvalue weighted by molar-refractivity contribution is 5.99. The summed E-state index contributed by atoms with van der Waals surface area (Å²) in [6.45, 7) is 6.43. The molecule has 0 unspecified atom stereocenters. The molecular weight excluding hydrogens is 244 g/mol. The van der Waals surface area contributed by atoms with E-state index in [4.69, 9.17) is 15.7 Å². The lowest BCUT2D eigenvalue weighted by atomic mass is 10.1. The first kappa shape index (κ1) is 15.2. The van der Waals surface area contributed by atoms with Crippen molar-refractivity contribution in [2.75, 3.05) is 20.7 Å². The van der Waals surface area contributed by atoms with Gasteiger partial charge in [0.15, 0.2) is 5.84 Å². The van der Waals surface area contributed by atoms with Crippen LogP contribution in [-0.4, -0.2) is 47.2 Å². The van der Waals surface area contributed by atoms with Gasteiger partial charge in [-0.25, -0.2) is 4.98 Å². The van der Waals surface area contributed by atoms with Gasteiger partial charge in [0.1, 0.15) is 6.61 Å². The molecule has 1 aromatic rings. The van der Waals surface area contributed by atoms with E-state index >= 15 is 0 Å². The fourth-order valence-electron chi connectivity index (χ4n) is 1.27. The number of oxime groups is 1. The number of aromatic nitrogens is 1. The predicted molar refractivity (Wildman–Crippen MR) is 74.7 cm³/mol. The molecule has 6 nitrogen and oxygen atoms in total. The highest BCUT2D eigenvalue weighted by atomic mass is 16.5. The van der Waals surface area contributed by atoms with Crippen LogP contribution in [0.4, 0.5) is 0 Å². The van der Waals surface area contributed by atoms with Gasteiger partial charge in [0.25, 0.3) is 0 Å². The van der Waals surface area contributed by atoms with Gasteiger partial charge in [-0.05, 0) is 47.0 Å². The van der Waals surface area contributed by atoms with E-state index in [-0.39, 0.29) is 11.4 Å². The highest BCUT2D eigenvalue weighted by Gasteiger charge is 2.22. The summed E-state index contributed by atoms with van der Waals surface area (Å²) in [5.74, 6) is 0.371. The zero-order chi connectivity index (χ0) is 14.6. The molecule has 0 saturated carbocycles. The summed E-state index contributed by atoms with van der Waals surface area (Å²) in [6.07, 6.45) is 0. The summed E-state index contributed by atoms with van der Waals surface area (Å²) in [7, 11) is 3.97. The first-order chi connectivity index (χ1) is 8.77. The summed E-state index contributed by atoms with van der Waals surface area (Å²) >= 11 is 0. The Kier molecular flexibility index (Phi) is 4.72. The number of nitrogens with zero attached hydrogens (tertiary/aromatic N) is 3. The molecule has 0 aliphatic carbocycles. The van der Waals surface area contributed by atoms with Crippen LogP contribution in [-0.2, 0) is 0 Å². The van der Waals surface area contributed by atoms with Crippen molar-refractivity contribution in [3.8, 4) is 5.88 Å². The van der Waals surface area contributed by atoms with Crippen molar-refractivity contribution in [2.45, 2.75) is 26.3 Å². The van der Waals surface area contributed by atoms with Crippen LogP contribution in [0.2, 0.25) is 0 Å². The number of ether oxygens (including phenoxy) is 1. The molecule has 19 heavy (non-hydrogen) atoms. The Morgan fingerprint density at radius 3 is 2.63 bits per heavy atom. The predicted octanol–water partition coefficient (Wildman–Crippen LogP) is 1.20. The lowest BCUT2D eigenvalue weighted by Crippen LogP contribution is -2.43. The number of aryl methyl sites for hydroxylation is 1. The molecule has 0 amide bonds. The highest BCUT2D eigenvalue weighted by Crippen LogP contribution is 2.19. The summed E-state index contributed by atoms with van der Waals surface area (Å²) in [6, 6.07) is 3.52. The molecule has 0 aliphatic heterocycles. The van der Waals surface area contributed by atoms with Crippen LogP contribution >= 0.6 is 0 Å². The average Bonchev–Trinajstić information content (AvgIpc) is 2.35. The molecule has 0 aliphatic rings. The minimum absolute atomic E-state index is 0.00911. The minimum Gasteiger partial charge on any atom is -0.475 e. The third-order valence-electron chi connectivity index (χ3n) is 3.16. The van der Waals surface area contributed by atoms with Crippen molar-refractivity contribution < 1.29 is 9.94 Å². The zero-order valence-electron chi connectivity index (χ0n) is 12.1. The van der Waals surface area contributed by atoms with Crippen molar-refractivity contribution in [2.24, 2.45) is 10.9 Å². The number of pyridine rings is 1. The van der Waals surface area contributed by atoms with Crippen molar-refractivity contribution >= 4 is 5.84 Å². The van der Waals surface area contributed by atoms with E-state index in [1.165, 1.54) is 0 Å². The topological polar surface area (TPSA) is 84.0 Å². The van der Waals surface area contributed by atoms with Gasteiger partial charge in [0.2, 0.25) is 5.88 Å². The van der Waals surface area contributed by atoms with Crippen molar-refractivity contribution in [3.05, 3.63) is 23.4 Å². The molecule has 1 heterocycles. The molecule has 1 rings (SSSR count). The second-order valence-corrected chi connectivity index (χ2v) is 5.29. The third kappa shape index (κ3) is 3.82. The molecule has 3 N–H and O–H groups in total. The second kappa shape index (κ2) is 5.88. The largest absolute Gasteiger partial charge is 0.475 e. The number of hydrogen-bond donors (Lipinski definition) is 2. The van der Waals surface area contributed by atoms with Crippen molar-refractivity contribution in [1.82, 2.24) is 9.88 Å². The quantitative estimate of drug-likeness (QED) is 0.362. The Morgan fingerprint density at radius 1 is 1.47 bits per heavy atom. The van der Waals surface area contributed by atoms with Crippen LogP contribution in [0, 0.1) is 6.92 Å². The van der Waals surface area contributed by atoms with Gasteiger partial charge < -0.3 is 20.6 Å². The molecular formula is C13H22N4O2. The van der Waals surface area contributed by atoms with Crippen LogP contribution in [0.5, 0.6) is 5.88 Å². The summed E-state index contributed by atoms with van der Waals surface area (Å²) in [5.41, 5.74) is 6.77. The molecule has 0 atom stereocenters. The van der Waals surface area contributed by atoms with Crippen LogP contribution in [0.3, 0.4) is 0 Å². The van der Waals surface area contributed by atoms with E-state index in [0.29, 0.717) is 18.1 Å². The molecule has 0 fully saturated rings. The number of hydrogen-bond acceptors (Lipinski definition) is 5. The summed E-state index contributed by atoms with van der Waals surface area (Å²) in [4.78, 5) is 6.35. The van der Waals surface area contributed by atoms with Crippen molar-refractivity contribution in [1.29, 1.82) is 0 Å². The minimum atomic E-state index is -0.145. The molecule has 1 aromatic heterocycles. The number of nitrogens with two attached hydrogens (primary N) is 1. The van der Waals surface area contributed by atoms with Gasteiger partial charge >= 0.3 is 0 Å². The third-order valence-corrected chi connectivity index (χ3v) is 3.16. The lowest BCUT2D eigenvalue weighted by molar-refractivity contribution is 0.111. The van der Waals surface area contributed by atoms with E-state index in [9.17, 15) is 0 Å². The smallest absolute Gasteiger partial charge is 0.224 e. The van der Waals surface area contributed by atoms with Gasteiger partial charge in [0.05, 0.1) is 5.56 Å². The van der Waals surface area contributed by atoms with E-state index < -0.39 is 0 Å². The number of rotatable bonds is 5. The maximum atomic E-state index is 8.77. The lowest BCUT2D eigenvalue weighted by Gasteiger charge is -2.32. The normalized spacial score (nSPS) is 12.8. The van der Waals surface area contributed by atoms with Crippen LogP contribution in [0.15, 0.2) is 17.3 Å². The second-order valence-electron chi connectivity index (χ2n) is 5.29. The van der Waals surface area contributed by atoms with Gasteiger partial charge in [0, 0.05) is 11.2 Å². The van der Waals surface area contributed by atoms with Gasteiger partial charge in [-0.15, -0.1) is 0 Å². The fraction of sp³-hybridized carbons (Fsp3) is 0.538. The molecule has 106 valence electrons. The molecule has 0 radical (unpaired) electrons. The molecule has 0 aromatic carbocycles. The van der Waals surface area contributed by atoms with Crippen LogP contribution in [0.25, 0.3) is 0 Å². The van der Waals surface area contributed by atoms with E-state index in [1.54, 1.807) is 12.1 Å². The molecule has 0 spiro atoms. The maximum absolute atomic E-state index is 8.77. The fourth-order valence-corrected chi connectivity index (χ4v) is 1.27. The van der Waals surface area contributed by atoms with E-state index in [2.05, 4.69) is 28.9 Å². The first-order valence-corrected chi connectivity index (χ1v) is 6.03. The van der Waals surface area contributed by atoms with Crippen molar-refractivity contribution in [3.63, 3.8) is 0 Å². The Bertz CT molecular complexity index is 470. The Hall–Kier alpha value is -1.82. The van der Waals surface area contributed by atoms with Gasteiger partial charge in [-0.1, -0.05) is 5.16 Å². The zero-order valence-corrected chi connectivity index (χ0v) is 12.1. The monoisotopic (exact) mass is 266 g/mol. The maximum Gasteiger partial charge on any atom is 0.224 e. The van der Waals surface area contributed by atoms with Gasteiger partial charge in [-0.2, -0.15) is 0 Å². The molecule has 6 heteroatoms. The molecule has 0 bridgehead atoms. The average molecular weight is 266 g/mol. The Balaban J connectivity index is 2.97. The summed E-state index contributed by atoms with van der Waals surface area (Å²) in [5, 5.41) is 11.8. The molecule has 0 saturated heterocycles.